The first-order valence-electron chi connectivity index (χ1n) is 2.44. The van der Waals surface area contributed by atoms with Crippen LogP contribution in [0.2, 0.25) is 0 Å². The van der Waals surface area contributed by atoms with E-state index in [1.165, 1.54) is 17.7 Å². The van der Waals surface area contributed by atoms with Crippen molar-refractivity contribution in [2.75, 3.05) is 0 Å². The molecule has 8 heavy (non-hydrogen) atoms. The Morgan fingerprint density at radius 3 is 2.12 bits per heavy atom. The Balaban J connectivity index is 4.04. The molecule has 1 N–H and O–H groups in total. The van der Waals surface area contributed by atoms with Gasteiger partial charge >= 0.3 is 58.1 Å². The average molecular weight is 130 g/mol. The Morgan fingerprint density at radius 1 is 1.75 bits per heavy atom. The third kappa shape index (κ3) is 2.73. The summed E-state index contributed by atoms with van der Waals surface area (Å²) in [7, 11) is -3.75. The second-order valence-corrected chi connectivity index (χ2v) is 3.57. The molecule has 44 valence electrons. The van der Waals surface area contributed by atoms with Gasteiger partial charge in [0, 0.05) is 0 Å². The normalized spacial score (nSPS) is 16.0. The molecule has 0 aromatic carbocycles. The van der Waals surface area contributed by atoms with Crippen LogP contribution in [-0.4, -0.2) is 34.6 Å². The molecule has 5 heteroatoms. The first-order valence-corrected chi connectivity index (χ1v) is 3.95. The van der Waals surface area contributed by atoms with E-state index in [0.29, 0.717) is 6.42 Å². The summed E-state index contributed by atoms with van der Waals surface area (Å²) < 4.78 is 27.9. The van der Waals surface area contributed by atoms with Gasteiger partial charge in [-0.1, -0.05) is 0 Å². The Bertz CT molecular complexity index is 150. The second kappa shape index (κ2) is 2.88. The van der Waals surface area contributed by atoms with Gasteiger partial charge in [-0.3, -0.25) is 0 Å². The first-order chi connectivity index (χ1) is 3.48. The Hall–Kier alpha value is 0.507. The standard InChI is InChI=1S/C3H7O3S.Li/c1-2-3-7(4,5)6;/h3H,2H2,1H3,(H,4,5,6);. The van der Waals surface area contributed by atoms with Crippen LogP contribution >= 0.6 is 0 Å². The molecule has 0 saturated carbocycles. The molecule has 0 aliphatic heterocycles. The minimum atomic E-state index is -3.75. The van der Waals surface area contributed by atoms with Crippen molar-refractivity contribution >= 4 is 27.8 Å². The van der Waals surface area contributed by atoms with Crippen LogP contribution in [-0.2, 0) is 10.1 Å². The fourth-order valence-electron chi connectivity index (χ4n) is 0.211. The number of rotatable bonds is 2. The molecule has 3 nitrogen and oxygen atoms in total. The van der Waals surface area contributed by atoms with E-state index < -0.39 is 14.0 Å². The van der Waals surface area contributed by atoms with Crippen molar-refractivity contribution in [3.63, 3.8) is 0 Å². The molecule has 0 aromatic heterocycles. The maximum absolute atomic E-state index is 10.1. The zero-order valence-corrected chi connectivity index (χ0v) is 5.77. The molecule has 1 atom stereocenters. The summed E-state index contributed by atoms with van der Waals surface area (Å²) in [5, 5.41) is 0. The van der Waals surface area contributed by atoms with Gasteiger partial charge in [-0.05, 0) is 0 Å². The number of hydrogen-bond acceptors (Lipinski definition) is 2. The van der Waals surface area contributed by atoms with E-state index in [9.17, 15) is 8.42 Å². The molecule has 0 amide bonds. The van der Waals surface area contributed by atoms with Gasteiger partial charge in [-0.15, -0.1) is 0 Å². The third-order valence-electron chi connectivity index (χ3n) is 1.08. The van der Waals surface area contributed by atoms with Crippen LogP contribution in [0.25, 0.3) is 0 Å². The van der Waals surface area contributed by atoms with E-state index in [0.717, 1.165) is 0 Å². The average Bonchev–Trinajstić information content (AvgIpc) is 1.62. The molecule has 0 fully saturated rings. The summed E-state index contributed by atoms with van der Waals surface area (Å²) in [6.45, 7) is 1.71. The molecule has 0 bridgehead atoms. The topological polar surface area (TPSA) is 54.4 Å². The van der Waals surface area contributed by atoms with Crippen LogP contribution < -0.4 is 0 Å². The Morgan fingerprint density at radius 2 is 2.12 bits per heavy atom. The fourth-order valence-corrected chi connectivity index (χ4v) is 0.632. The van der Waals surface area contributed by atoms with Crippen molar-refractivity contribution in [2.45, 2.75) is 17.3 Å². The van der Waals surface area contributed by atoms with E-state index in [4.69, 9.17) is 4.55 Å². The molecule has 0 aliphatic carbocycles. The third-order valence-corrected chi connectivity index (χ3v) is 2.43. The maximum atomic E-state index is 10.1. The first kappa shape index (κ1) is 8.51. The van der Waals surface area contributed by atoms with Crippen LogP contribution in [0, 0.1) is 0 Å². The number of hydrogen-bond donors (Lipinski definition) is 1. The summed E-state index contributed by atoms with van der Waals surface area (Å²) in [5.74, 6) is 0. The van der Waals surface area contributed by atoms with Crippen LogP contribution in [0.15, 0.2) is 0 Å². The van der Waals surface area contributed by atoms with E-state index in [1.807, 2.05) is 0 Å². The predicted octanol–water partition coefficient (Wildman–Crippen LogP) is -0.221. The molecular formula is C3H7LiO3S. The summed E-state index contributed by atoms with van der Waals surface area (Å²) in [5.41, 5.74) is 0. The van der Waals surface area contributed by atoms with Gasteiger partial charge in [0.05, 0.1) is 0 Å². The zero-order valence-electron chi connectivity index (χ0n) is 4.96. The SMILES string of the molecule is [Li][CH](CC)S(=O)(=O)O. The quantitative estimate of drug-likeness (QED) is 0.415. The molecule has 0 spiro atoms. The zero-order chi connectivity index (χ0) is 6.78. The van der Waals surface area contributed by atoms with Crippen LogP contribution in [0.1, 0.15) is 13.3 Å². The van der Waals surface area contributed by atoms with Gasteiger partial charge in [0.2, 0.25) is 0 Å². The molecule has 0 rings (SSSR count). The predicted molar refractivity (Wildman–Crippen MR) is 31.4 cm³/mol. The van der Waals surface area contributed by atoms with Gasteiger partial charge < -0.3 is 0 Å². The molecule has 0 saturated heterocycles. The van der Waals surface area contributed by atoms with Crippen molar-refractivity contribution in [1.82, 2.24) is 0 Å². The molecule has 0 aliphatic rings. The minimum absolute atomic E-state index is 0.457. The monoisotopic (exact) mass is 130 g/mol. The van der Waals surface area contributed by atoms with Gasteiger partial charge in [0.1, 0.15) is 0 Å². The fraction of sp³-hybridized carbons (Fsp3) is 1.00. The summed E-state index contributed by atoms with van der Waals surface area (Å²) >= 11 is 1.47. The van der Waals surface area contributed by atoms with Crippen molar-refractivity contribution in [3.8, 4) is 0 Å². The van der Waals surface area contributed by atoms with E-state index in [1.54, 1.807) is 6.92 Å². The van der Waals surface area contributed by atoms with E-state index >= 15 is 0 Å². The molecule has 0 heterocycles. The second-order valence-electron chi connectivity index (χ2n) is 1.73. The summed E-state index contributed by atoms with van der Waals surface area (Å²) in [6.07, 6.45) is 0.457. The van der Waals surface area contributed by atoms with Gasteiger partial charge in [-0.2, -0.15) is 0 Å². The van der Waals surface area contributed by atoms with Gasteiger partial charge in [0.15, 0.2) is 0 Å². The van der Waals surface area contributed by atoms with Crippen LogP contribution in [0.4, 0.5) is 0 Å². The Labute approximate surface area is 58.4 Å². The van der Waals surface area contributed by atoms with E-state index in [-0.39, 0.29) is 0 Å². The van der Waals surface area contributed by atoms with Crippen molar-refractivity contribution in [1.29, 1.82) is 0 Å². The molecule has 0 radical (unpaired) electrons. The van der Waals surface area contributed by atoms with Crippen molar-refractivity contribution < 1.29 is 13.0 Å². The van der Waals surface area contributed by atoms with Crippen LogP contribution in [0.3, 0.4) is 0 Å². The van der Waals surface area contributed by atoms with Gasteiger partial charge in [-0.25, -0.2) is 0 Å². The summed E-state index contributed by atoms with van der Waals surface area (Å²) in [6, 6.07) is 0. The molecular weight excluding hydrogens is 123 g/mol. The van der Waals surface area contributed by atoms with Gasteiger partial charge in [0.25, 0.3) is 0 Å². The molecule has 0 aromatic rings. The van der Waals surface area contributed by atoms with Crippen molar-refractivity contribution in [2.24, 2.45) is 0 Å². The summed E-state index contributed by atoms with van der Waals surface area (Å²) in [4.78, 5) is 0. The van der Waals surface area contributed by atoms with Crippen molar-refractivity contribution in [3.05, 3.63) is 0 Å². The van der Waals surface area contributed by atoms with Crippen LogP contribution in [0.5, 0.6) is 0 Å². The Kier molecular flexibility index (Phi) is 3.06. The molecule has 1 unspecified atom stereocenters. The van der Waals surface area contributed by atoms with E-state index in [2.05, 4.69) is 0 Å².